The lowest BCUT2D eigenvalue weighted by atomic mass is 9.94. The Morgan fingerprint density at radius 3 is 2.73 bits per heavy atom. The van der Waals surface area contributed by atoms with Crippen molar-refractivity contribution in [1.29, 1.82) is 0 Å². The number of anilines is 1. The molecule has 8 heteroatoms. The number of amides is 1. The number of carbonyl (C=O) groups is 2. The number of carbonyl (C=O) groups excluding carboxylic acids is 2. The predicted octanol–water partition coefficient (Wildman–Crippen LogP) is 4.33. The second-order valence-corrected chi connectivity index (χ2v) is 8.82. The molecule has 0 radical (unpaired) electrons. The van der Waals surface area contributed by atoms with Crippen LogP contribution in [-0.4, -0.2) is 35.5 Å². The Labute approximate surface area is 185 Å². The van der Waals surface area contributed by atoms with Crippen molar-refractivity contribution in [2.45, 2.75) is 26.8 Å². The van der Waals surface area contributed by atoms with Crippen molar-refractivity contribution in [3.63, 3.8) is 0 Å². The van der Waals surface area contributed by atoms with Gasteiger partial charge in [-0.3, -0.25) is 4.79 Å². The van der Waals surface area contributed by atoms with Gasteiger partial charge in [0.15, 0.2) is 5.11 Å². The smallest absolute Gasteiger partial charge is 0.338 e. The third-order valence-electron chi connectivity index (χ3n) is 4.74. The van der Waals surface area contributed by atoms with Crippen LogP contribution < -0.4 is 10.6 Å². The van der Waals surface area contributed by atoms with Crippen molar-refractivity contribution in [1.82, 2.24) is 10.2 Å². The summed E-state index contributed by atoms with van der Waals surface area (Å²) in [6.45, 7) is 6.18. The van der Waals surface area contributed by atoms with E-state index in [1.54, 1.807) is 11.0 Å². The maximum atomic E-state index is 12.9. The first-order chi connectivity index (χ1) is 14.3. The monoisotopic (exact) mass is 443 g/mol. The van der Waals surface area contributed by atoms with Gasteiger partial charge < -0.3 is 20.3 Å². The number of nitrogens with one attached hydrogen (secondary N) is 2. The third kappa shape index (κ3) is 4.88. The maximum Gasteiger partial charge on any atom is 0.338 e. The molecule has 1 aliphatic rings. The van der Waals surface area contributed by atoms with Crippen LogP contribution in [0.5, 0.6) is 0 Å². The van der Waals surface area contributed by atoms with E-state index in [4.69, 9.17) is 17.0 Å². The summed E-state index contributed by atoms with van der Waals surface area (Å²) in [6, 6.07) is 10.5. The molecule has 0 fully saturated rings. The molecule has 1 aromatic carbocycles. The molecule has 0 bridgehead atoms. The largest absolute Gasteiger partial charge is 0.462 e. The highest BCUT2D eigenvalue weighted by molar-refractivity contribution is 7.80. The lowest BCUT2D eigenvalue weighted by molar-refractivity contribution is -0.140. The highest BCUT2D eigenvalue weighted by Gasteiger charge is 2.33. The summed E-state index contributed by atoms with van der Waals surface area (Å²) in [5.41, 5.74) is 2.70. The molecule has 2 N–H and O–H groups in total. The Hall–Kier alpha value is -2.71. The second kappa shape index (κ2) is 9.40. The number of esters is 1. The van der Waals surface area contributed by atoms with Crippen LogP contribution in [0.3, 0.4) is 0 Å². The average Bonchev–Trinajstić information content (AvgIpc) is 3.25. The SMILES string of the molecule is CC1=C(C(=O)OCC(C)C)C(c2cccc(NC(=O)c3cccs3)c2)NC(=S)N1C. The Morgan fingerprint density at radius 2 is 2.07 bits per heavy atom. The first kappa shape index (κ1) is 22.0. The highest BCUT2D eigenvalue weighted by Crippen LogP contribution is 2.32. The minimum absolute atomic E-state index is 0.169. The highest BCUT2D eigenvalue weighted by atomic mass is 32.1. The number of hydrogen-bond donors (Lipinski definition) is 2. The fraction of sp³-hybridized carbons (Fsp3) is 0.318. The standard InChI is InChI=1S/C22H25N3O3S2/c1-13(2)12-28-21(27)18-14(3)25(4)22(29)24-19(18)15-7-5-8-16(11-15)23-20(26)17-9-6-10-30-17/h5-11,13,19H,12H2,1-4H3,(H,23,26)(H,24,29). The van der Waals surface area contributed by atoms with Crippen molar-refractivity contribution < 1.29 is 14.3 Å². The minimum atomic E-state index is -0.466. The lowest BCUT2D eigenvalue weighted by Gasteiger charge is -2.35. The first-order valence-corrected chi connectivity index (χ1v) is 10.9. The van der Waals surface area contributed by atoms with Gasteiger partial charge in [0, 0.05) is 18.4 Å². The number of rotatable bonds is 6. The van der Waals surface area contributed by atoms with Crippen molar-refractivity contribution in [2.75, 3.05) is 19.0 Å². The van der Waals surface area contributed by atoms with E-state index >= 15 is 0 Å². The lowest BCUT2D eigenvalue weighted by Crippen LogP contribution is -2.46. The van der Waals surface area contributed by atoms with Crippen LogP contribution in [0.2, 0.25) is 0 Å². The molecule has 1 atom stereocenters. The van der Waals surface area contributed by atoms with Crippen molar-refractivity contribution in [3.8, 4) is 0 Å². The van der Waals surface area contributed by atoms with E-state index in [0.29, 0.717) is 27.9 Å². The molecule has 0 spiro atoms. The molecule has 6 nitrogen and oxygen atoms in total. The topological polar surface area (TPSA) is 70.7 Å². The van der Waals surface area contributed by atoms with Crippen LogP contribution in [-0.2, 0) is 9.53 Å². The Balaban J connectivity index is 1.90. The molecular formula is C22H25N3O3S2. The number of thiocarbonyl (C=S) groups is 1. The van der Waals surface area contributed by atoms with Gasteiger partial charge in [-0.05, 0) is 54.2 Å². The summed E-state index contributed by atoms with van der Waals surface area (Å²) in [7, 11) is 1.81. The fourth-order valence-electron chi connectivity index (χ4n) is 3.07. The molecule has 0 saturated heterocycles. The summed E-state index contributed by atoms with van der Waals surface area (Å²) in [6.07, 6.45) is 0. The van der Waals surface area contributed by atoms with Gasteiger partial charge in [-0.25, -0.2) is 4.79 Å². The van der Waals surface area contributed by atoms with E-state index < -0.39 is 6.04 Å². The maximum absolute atomic E-state index is 12.9. The summed E-state index contributed by atoms with van der Waals surface area (Å²) in [5, 5.41) is 8.51. The molecule has 0 saturated carbocycles. The normalized spacial score (nSPS) is 16.5. The van der Waals surface area contributed by atoms with Gasteiger partial charge in [0.1, 0.15) is 0 Å². The molecule has 1 unspecified atom stereocenters. The second-order valence-electron chi connectivity index (χ2n) is 7.49. The van der Waals surface area contributed by atoms with Crippen LogP contribution in [0.25, 0.3) is 0 Å². The minimum Gasteiger partial charge on any atom is -0.462 e. The predicted molar refractivity (Wildman–Crippen MR) is 123 cm³/mol. The fourth-order valence-corrected chi connectivity index (χ4v) is 3.94. The zero-order chi connectivity index (χ0) is 21.8. The molecular weight excluding hydrogens is 418 g/mol. The molecule has 1 aromatic heterocycles. The Bertz CT molecular complexity index is 983. The third-order valence-corrected chi connectivity index (χ3v) is 6.00. The summed E-state index contributed by atoms with van der Waals surface area (Å²) < 4.78 is 5.52. The number of nitrogens with zero attached hydrogens (tertiary/aromatic N) is 1. The molecule has 2 aromatic rings. The van der Waals surface area contributed by atoms with Crippen molar-refractivity contribution >= 4 is 46.2 Å². The average molecular weight is 444 g/mol. The van der Waals surface area contributed by atoms with Crippen LogP contribution in [0.4, 0.5) is 5.69 Å². The van der Waals surface area contributed by atoms with E-state index in [9.17, 15) is 9.59 Å². The van der Waals surface area contributed by atoms with E-state index in [0.717, 1.165) is 11.3 Å². The number of hydrogen-bond acceptors (Lipinski definition) is 5. The van der Waals surface area contributed by atoms with Gasteiger partial charge in [0.05, 0.1) is 23.1 Å². The number of allylic oxidation sites excluding steroid dienone is 1. The number of ether oxygens (including phenoxy) is 1. The van der Waals surface area contributed by atoms with Crippen LogP contribution in [0.1, 0.15) is 42.0 Å². The van der Waals surface area contributed by atoms with Crippen molar-refractivity contribution in [2.24, 2.45) is 5.92 Å². The van der Waals surface area contributed by atoms with Gasteiger partial charge in [0.2, 0.25) is 0 Å². The van der Waals surface area contributed by atoms with E-state index in [1.165, 1.54) is 11.3 Å². The summed E-state index contributed by atoms with van der Waals surface area (Å²) in [4.78, 5) is 27.7. The summed E-state index contributed by atoms with van der Waals surface area (Å²) in [5.74, 6) is -0.308. The van der Waals surface area contributed by atoms with Crippen LogP contribution in [0.15, 0.2) is 53.0 Å². The zero-order valence-electron chi connectivity index (χ0n) is 17.4. The molecule has 158 valence electrons. The molecule has 3 rings (SSSR count). The molecule has 30 heavy (non-hydrogen) atoms. The molecule has 2 heterocycles. The van der Waals surface area contributed by atoms with Crippen LogP contribution >= 0.6 is 23.6 Å². The van der Waals surface area contributed by atoms with Crippen molar-refractivity contribution in [3.05, 3.63) is 63.5 Å². The van der Waals surface area contributed by atoms with Gasteiger partial charge in [-0.15, -0.1) is 11.3 Å². The van der Waals surface area contributed by atoms with E-state index in [1.807, 2.05) is 63.5 Å². The molecule has 1 amide bonds. The van der Waals surface area contributed by atoms with Gasteiger partial charge in [-0.2, -0.15) is 0 Å². The van der Waals surface area contributed by atoms with Crippen LogP contribution in [0, 0.1) is 5.92 Å². The molecule has 0 aliphatic carbocycles. The quantitative estimate of drug-likeness (QED) is 0.511. The Morgan fingerprint density at radius 1 is 1.30 bits per heavy atom. The van der Waals surface area contributed by atoms with Gasteiger partial charge in [-0.1, -0.05) is 32.0 Å². The molecule has 1 aliphatic heterocycles. The number of thiophene rings is 1. The Kier molecular flexibility index (Phi) is 6.89. The van der Waals surface area contributed by atoms with Gasteiger partial charge in [0.25, 0.3) is 5.91 Å². The van der Waals surface area contributed by atoms with E-state index in [-0.39, 0.29) is 17.8 Å². The number of benzene rings is 1. The zero-order valence-corrected chi connectivity index (χ0v) is 19.0. The first-order valence-electron chi connectivity index (χ1n) is 9.65. The summed E-state index contributed by atoms with van der Waals surface area (Å²) >= 11 is 6.82. The van der Waals surface area contributed by atoms with E-state index in [2.05, 4.69) is 10.6 Å². The van der Waals surface area contributed by atoms with Gasteiger partial charge >= 0.3 is 5.97 Å².